The zero-order valence-electron chi connectivity index (χ0n) is 12.4. The average Bonchev–Trinajstić information content (AvgIpc) is 2.93. The fourth-order valence-corrected chi connectivity index (χ4v) is 2.73. The van der Waals surface area contributed by atoms with Gasteiger partial charge in [-0.3, -0.25) is 10.1 Å². The standard InChI is InChI=1S/C15H20N4O2/c1-11(2)18-7-6-12(10-18)9-17-14-5-3-4-13(8-16)15(14)19(20)21/h3-5,11-12,17H,6-7,9-10H2,1-2H3. The molecule has 1 aromatic carbocycles. The predicted molar refractivity (Wildman–Crippen MR) is 81.1 cm³/mol. The summed E-state index contributed by atoms with van der Waals surface area (Å²) >= 11 is 0. The highest BCUT2D eigenvalue weighted by Gasteiger charge is 2.25. The summed E-state index contributed by atoms with van der Waals surface area (Å²) < 4.78 is 0. The van der Waals surface area contributed by atoms with Crippen LogP contribution in [0.1, 0.15) is 25.8 Å². The third-order valence-electron chi connectivity index (χ3n) is 3.97. The van der Waals surface area contributed by atoms with Crippen molar-refractivity contribution in [2.75, 3.05) is 25.0 Å². The second-order valence-electron chi connectivity index (χ2n) is 5.69. The van der Waals surface area contributed by atoms with Crippen LogP contribution in [0.3, 0.4) is 0 Å². The molecule has 0 aromatic heterocycles. The topological polar surface area (TPSA) is 82.2 Å². The monoisotopic (exact) mass is 288 g/mol. The van der Waals surface area contributed by atoms with E-state index in [1.165, 1.54) is 6.07 Å². The van der Waals surface area contributed by atoms with Crippen molar-refractivity contribution in [2.24, 2.45) is 5.92 Å². The molecule has 21 heavy (non-hydrogen) atoms. The fourth-order valence-electron chi connectivity index (χ4n) is 2.73. The minimum absolute atomic E-state index is 0.0974. The molecule has 0 spiro atoms. The van der Waals surface area contributed by atoms with Gasteiger partial charge >= 0.3 is 5.69 Å². The van der Waals surface area contributed by atoms with Gasteiger partial charge < -0.3 is 10.2 Å². The molecule has 0 radical (unpaired) electrons. The lowest BCUT2D eigenvalue weighted by atomic mass is 10.1. The Labute approximate surface area is 124 Å². The lowest BCUT2D eigenvalue weighted by Gasteiger charge is -2.20. The van der Waals surface area contributed by atoms with Crippen molar-refractivity contribution in [2.45, 2.75) is 26.3 Å². The molecule has 1 unspecified atom stereocenters. The van der Waals surface area contributed by atoms with E-state index in [0.29, 0.717) is 24.2 Å². The highest BCUT2D eigenvalue weighted by Crippen LogP contribution is 2.29. The Kier molecular flexibility index (Phi) is 4.76. The number of rotatable bonds is 5. The van der Waals surface area contributed by atoms with Gasteiger partial charge in [0, 0.05) is 19.1 Å². The highest BCUT2D eigenvalue weighted by atomic mass is 16.6. The van der Waals surface area contributed by atoms with Crippen molar-refractivity contribution in [1.29, 1.82) is 5.26 Å². The molecule has 2 rings (SSSR count). The van der Waals surface area contributed by atoms with Crippen LogP contribution in [0.5, 0.6) is 0 Å². The van der Waals surface area contributed by atoms with Crippen molar-refractivity contribution in [3.05, 3.63) is 33.9 Å². The zero-order valence-corrected chi connectivity index (χ0v) is 12.4. The van der Waals surface area contributed by atoms with Gasteiger partial charge in [-0.25, -0.2) is 0 Å². The molecule has 1 aliphatic heterocycles. The predicted octanol–water partition coefficient (Wildman–Crippen LogP) is 2.61. The fraction of sp³-hybridized carbons (Fsp3) is 0.533. The molecule has 1 N–H and O–H groups in total. The van der Waals surface area contributed by atoms with Crippen LogP contribution in [0.4, 0.5) is 11.4 Å². The number of nitro groups is 1. The molecule has 0 aliphatic carbocycles. The van der Waals surface area contributed by atoms with Crippen LogP contribution >= 0.6 is 0 Å². The van der Waals surface area contributed by atoms with Crippen molar-refractivity contribution >= 4 is 11.4 Å². The molecule has 6 heteroatoms. The van der Waals surface area contributed by atoms with Gasteiger partial charge in [-0.05, 0) is 44.9 Å². The quantitative estimate of drug-likeness (QED) is 0.665. The van der Waals surface area contributed by atoms with E-state index >= 15 is 0 Å². The summed E-state index contributed by atoms with van der Waals surface area (Å²) in [6.07, 6.45) is 1.09. The number of nitriles is 1. The molecule has 112 valence electrons. The number of likely N-dealkylation sites (tertiary alicyclic amines) is 1. The van der Waals surface area contributed by atoms with Crippen LogP contribution in [0.2, 0.25) is 0 Å². The molecule has 1 atom stereocenters. The Bertz CT molecular complexity index is 565. The Balaban J connectivity index is 2.05. The van der Waals surface area contributed by atoms with E-state index in [1.807, 2.05) is 6.07 Å². The smallest absolute Gasteiger partial charge is 0.309 e. The maximum atomic E-state index is 11.1. The first-order chi connectivity index (χ1) is 10.0. The minimum atomic E-state index is -0.490. The van der Waals surface area contributed by atoms with Crippen LogP contribution in [-0.4, -0.2) is 35.5 Å². The van der Waals surface area contributed by atoms with Gasteiger partial charge in [-0.1, -0.05) is 6.07 Å². The van der Waals surface area contributed by atoms with Gasteiger partial charge in [-0.2, -0.15) is 5.26 Å². The first-order valence-corrected chi connectivity index (χ1v) is 7.18. The van der Waals surface area contributed by atoms with Crippen molar-refractivity contribution in [3.63, 3.8) is 0 Å². The normalized spacial score (nSPS) is 18.7. The molecule has 6 nitrogen and oxygen atoms in total. The number of para-hydroxylation sites is 1. The highest BCUT2D eigenvalue weighted by molar-refractivity contribution is 5.68. The Morgan fingerprint density at radius 3 is 2.90 bits per heavy atom. The molecule has 1 fully saturated rings. The van der Waals surface area contributed by atoms with Crippen LogP contribution < -0.4 is 5.32 Å². The SMILES string of the molecule is CC(C)N1CCC(CNc2cccc(C#N)c2[N+](=O)[O-])C1. The van der Waals surface area contributed by atoms with Gasteiger partial charge in [0.2, 0.25) is 0 Å². The van der Waals surface area contributed by atoms with Crippen molar-refractivity contribution in [3.8, 4) is 6.07 Å². The van der Waals surface area contributed by atoms with Crippen LogP contribution in [0, 0.1) is 27.4 Å². The van der Waals surface area contributed by atoms with Crippen molar-refractivity contribution < 1.29 is 4.92 Å². The van der Waals surface area contributed by atoms with Crippen LogP contribution in [0.15, 0.2) is 18.2 Å². The third kappa shape index (κ3) is 3.50. The molecular weight excluding hydrogens is 268 g/mol. The summed E-state index contributed by atoms with van der Waals surface area (Å²) in [5.41, 5.74) is 0.404. The first-order valence-electron chi connectivity index (χ1n) is 7.18. The third-order valence-corrected chi connectivity index (χ3v) is 3.97. The van der Waals surface area contributed by atoms with Crippen molar-refractivity contribution in [1.82, 2.24) is 4.90 Å². The number of nitrogens with zero attached hydrogens (tertiary/aromatic N) is 3. The van der Waals surface area contributed by atoms with Crippen LogP contribution in [0.25, 0.3) is 0 Å². The van der Waals surface area contributed by atoms with Crippen LogP contribution in [-0.2, 0) is 0 Å². The van der Waals surface area contributed by atoms with Gasteiger partial charge in [-0.15, -0.1) is 0 Å². The first kappa shape index (κ1) is 15.3. The van der Waals surface area contributed by atoms with E-state index in [2.05, 4.69) is 24.1 Å². The Morgan fingerprint density at radius 1 is 1.57 bits per heavy atom. The molecule has 0 bridgehead atoms. The molecular formula is C15H20N4O2. The Morgan fingerprint density at radius 2 is 2.33 bits per heavy atom. The number of anilines is 1. The van der Waals surface area contributed by atoms with E-state index in [9.17, 15) is 10.1 Å². The summed E-state index contributed by atoms with van der Waals surface area (Å²) in [5.74, 6) is 0.484. The average molecular weight is 288 g/mol. The van der Waals surface area contributed by atoms with Gasteiger partial charge in [0.05, 0.1) is 4.92 Å². The molecule has 1 aromatic rings. The second kappa shape index (κ2) is 6.55. The summed E-state index contributed by atoms with van der Waals surface area (Å²) in [5, 5.41) is 23.3. The molecule has 0 amide bonds. The zero-order chi connectivity index (χ0) is 15.4. The maximum Gasteiger partial charge on any atom is 0.309 e. The van der Waals surface area contributed by atoms with E-state index in [1.54, 1.807) is 12.1 Å². The van der Waals surface area contributed by atoms with E-state index in [4.69, 9.17) is 5.26 Å². The Hall–Kier alpha value is -2.13. The number of nitrogens with one attached hydrogen (secondary N) is 1. The molecule has 1 saturated heterocycles. The number of nitro benzene ring substituents is 1. The minimum Gasteiger partial charge on any atom is -0.379 e. The lowest BCUT2D eigenvalue weighted by Crippen LogP contribution is -2.29. The molecule has 1 heterocycles. The number of hydrogen-bond acceptors (Lipinski definition) is 5. The van der Waals surface area contributed by atoms with E-state index in [-0.39, 0.29) is 11.3 Å². The molecule has 0 saturated carbocycles. The van der Waals surface area contributed by atoms with Gasteiger partial charge in [0.25, 0.3) is 0 Å². The summed E-state index contributed by atoms with van der Waals surface area (Å²) in [6.45, 7) is 7.13. The summed E-state index contributed by atoms with van der Waals surface area (Å²) in [6, 6.07) is 7.21. The summed E-state index contributed by atoms with van der Waals surface area (Å²) in [4.78, 5) is 13.1. The maximum absolute atomic E-state index is 11.1. The van der Waals surface area contributed by atoms with Gasteiger partial charge in [0.15, 0.2) is 0 Å². The van der Waals surface area contributed by atoms with Gasteiger partial charge in [0.1, 0.15) is 17.3 Å². The number of benzene rings is 1. The lowest BCUT2D eigenvalue weighted by molar-refractivity contribution is -0.384. The summed E-state index contributed by atoms with van der Waals surface area (Å²) in [7, 11) is 0. The van der Waals surface area contributed by atoms with E-state index in [0.717, 1.165) is 19.5 Å². The second-order valence-corrected chi connectivity index (χ2v) is 5.69. The van der Waals surface area contributed by atoms with E-state index < -0.39 is 4.92 Å². The number of hydrogen-bond donors (Lipinski definition) is 1. The molecule has 1 aliphatic rings. The largest absolute Gasteiger partial charge is 0.379 e.